The van der Waals surface area contributed by atoms with E-state index in [4.69, 9.17) is 33.2 Å². The number of aliphatic carboxylic acids is 1. The highest BCUT2D eigenvalue weighted by atomic mass is 16.7. The molecule has 376 valence electrons. The van der Waals surface area contributed by atoms with E-state index in [-0.39, 0.29) is 60.7 Å². The number of carboxylic acid groups (broad SMARTS) is 1. The number of esters is 1. The molecule has 15 heteroatoms. The Morgan fingerprint density at radius 3 is 2.12 bits per heavy atom. The molecule has 0 aromatic heterocycles. The Morgan fingerprint density at radius 1 is 0.785 bits per heavy atom. The third-order valence-electron chi connectivity index (χ3n) is 17.5. The predicted octanol–water partition coefficient (Wildman–Crippen LogP) is 6.39. The highest BCUT2D eigenvalue weighted by Crippen LogP contribution is 2.56. The van der Waals surface area contributed by atoms with E-state index in [0.29, 0.717) is 70.6 Å². The molecule has 0 aromatic carbocycles. The highest BCUT2D eigenvalue weighted by molar-refractivity contribution is 5.70. The Kier molecular flexibility index (Phi) is 16.0. The maximum absolute atomic E-state index is 13.2. The molecule has 0 saturated carbocycles. The first-order valence-electron chi connectivity index (χ1n) is 25.2. The van der Waals surface area contributed by atoms with E-state index in [1.807, 2.05) is 55.4 Å². The zero-order chi connectivity index (χ0) is 48.2. The summed E-state index contributed by atoms with van der Waals surface area (Å²) in [6.07, 6.45) is 0.793. The van der Waals surface area contributed by atoms with E-state index in [2.05, 4.69) is 0 Å². The van der Waals surface area contributed by atoms with Crippen molar-refractivity contribution in [3.8, 4) is 0 Å². The van der Waals surface area contributed by atoms with Crippen LogP contribution in [0.2, 0.25) is 0 Å². The summed E-state index contributed by atoms with van der Waals surface area (Å²) in [6.45, 7) is 22.5. The Balaban J connectivity index is 1.16. The van der Waals surface area contributed by atoms with Crippen LogP contribution in [0.5, 0.6) is 0 Å². The van der Waals surface area contributed by atoms with Gasteiger partial charge in [0.25, 0.3) is 0 Å². The number of rotatable bonds is 15. The number of hydrogen-bond donors (Lipinski definition) is 6. The van der Waals surface area contributed by atoms with Gasteiger partial charge in [0.15, 0.2) is 17.7 Å². The van der Waals surface area contributed by atoms with Crippen molar-refractivity contribution in [1.29, 1.82) is 0 Å². The first kappa shape index (κ1) is 52.9. The molecule has 0 bridgehead atoms. The van der Waals surface area contributed by atoms with Gasteiger partial charge in [-0.3, -0.25) is 9.59 Å². The summed E-state index contributed by atoms with van der Waals surface area (Å²) in [5.41, 5.74) is -3.10. The van der Waals surface area contributed by atoms with Crippen molar-refractivity contribution >= 4 is 11.9 Å². The molecule has 0 spiro atoms. The van der Waals surface area contributed by atoms with Gasteiger partial charge in [-0.2, -0.15) is 0 Å². The van der Waals surface area contributed by atoms with E-state index >= 15 is 0 Å². The van der Waals surface area contributed by atoms with Gasteiger partial charge in [-0.05, 0) is 117 Å². The molecule has 15 nitrogen and oxygen atoms in total. The zero-order valence-corrected chi connectivity index (χ0v) is 41.5. The standard InChI is InChI=1S/C50H86O15/c1-13-39-45(10,55)21-20-40(60-39)46(11)25-31(7)50(58,65-46)47(12)22-19-37(62-47)43(61-41(52)14-2)49(57)30(6)23-28(4)38(64-49)26-48(56)29(5)16-18-36(63-48)32(8)35(51)24-34-17-15-27(3)42(59-34)33(9)44(53)54/h27-40,42-43,51,55-58H,13-26H2,1-12H3,(H,53,54)/t27-,28-,29-,30+,31+,32-,33+,34+,35+,36+,37-,38+,39-,40+,42-,43+,45+,46-,47-,48+,49+,50+/m0/s1. The van der Waals surface area contributed by atoms with E-state index in [0.717, 1.165) is 6.42 Å². The molecule has 0 aliphatic carbocycles. The molecule has 0 aromatic rings. The van der Waals surface area contributed by atoms with Crippen LogP contribution in [0.25, 0.3) is 0 Å². The Hall–Kier alpha value is -1.50. The van der Waals surface area contributed by atoms with Gasteiger partial charge in [-0.15, -0.1) is 0 Å². The van der Waals surface area contributed by atoms with Crippen LogP contribution in [0.1, 0.15) is 173 Å². The zero-order valence-electron chi connectivity index (χ0n) is 41.5. The average Bonchev–Trinajstić information content (AvgIpc) is 3.76. The molecule has 6 aliphatic rings. The Bertz CT molecular complexity index is 1650. The van der Waals surface area contributed by atoms with Gasteiger partial charge in [0.2, 0.25) is 5.79 Å². The molecule has 6 saturated heterocycles. The Labute approximate surface area is 387 Å². The number of aliphatic hydroxyl groups excluding tert-OH is 1. The van der Waals surface area contributed by atoms with Gasteiger partial charge >= 0.3 is 11.9 Å². The molecule has 6 rings (SSSR count). The second-order valence-electron chi connectivity index (χ2n) is 22.6. The van der Waals surface area contributed by atoms with Gasteiger partial charge in [0, 0.05) is 36.5 Å². The molecule has 65 heavy (non-hydrogen) atoms. The summed E-state index contributed by atoms with van der Waals surface area (Å²) in [4.78, 5) is 25.0. The number of ether oxygens (including phenoxy) is 7. The van der Waals surface area contributed by atoms with Gasteiger partial charge in [0.05, 0.1) is 59.8 Å². The van der Waals surface area contributed by atoms with Gasteiger partial charge in [0.1, 0.15) is 11.7 Å². The van der Waals surface area contributed by atoms with Crippen molar-refractivity contribution < 1.29 is 73.4 Å². The smallest absolute Gasteiger partial charge is 0.308 e. The normalized spacial score (nSPS) is 49.2. The molecule has 22 atom stereocenters. The number of carboxylic acids is 1. The number of aliphatic hydroxyl groups is 5. The molecular formula is C50H86O15. The van der Waals surface area contributed by atoms with Crippen LogP contribution < -0.4 is 0 Å². The monoisotopic (exact) mass is 927 g/mol. The number of carbonyl (C=O) groups excluding carboxylic acids is 1. The lowest BCUT2D eigenvalue weighted by molar-refractivity contribution is -0.374. The minimum atomic E-state index is -2.04. The molecule has 6 fully saturated rings. The summed E-state index contributed by atoms with van der Waals surface area (Å²) in [5.74, 6) is -9.22. The fraction of sp³-hybridized carbons (Fsp3) is 0.960. The molecule has 0 amide bonds. The van der Waals surface area contributed by atoms with Crippen LogP contribution in [-0.4, -0.2) is 132 Å². The number of carbonyl (C=O) groups is 2. The van der Waals surface area contributed by atoms with Crippen molar-refractivity contribution in [3.05, 3.63) is 0 Å². The lowest BCUT2D eigenvalue weighted by Gasteiger charge is -2.52. The Morgan fingerprint density at radius 2 is 1.48 bits per heavy atom. The maximum atomic E-state index is 13.2. The minimum absolute atomic E-state index is 0.0149. The van der Waals surface area contributed by atoms with Crippen LogP contribution in [0.15, 0.2) is 0 Å². The third kappa shape index (κ3) is 10.4. The van der Waals surface area contributed by atoms with Crippen LogP contribution in [0.4, 0.5) is 0 Å². The van der Waals surface area contributed by atoms with Crippen molar-refractivity contribution in [3.63, 3.8) is 0 Å². The molecule has 0 unspecified atom stereocenters. The predicted molar refractivity (Wildman–Crippen MR) is 239 cm³/mol. The number of hydrogen-bond acceptors (Lipinski definition) is 14. The molecule has 0 radical (unpaired) electrons. The summed E-state index contributed by atoms with van der Waals surface area (Å²) in [7, 11) is 0. The van der Waals surface area contributed by atoms with Gasteiger partial charge in [-0.25, -0.2) is 0 Å². The summed E-state index contributed by atoms with van der Waals surface area (Å²) in [6, 6.07) is 0. The van der Waals surface area contributed by atoms with Crippen molar-refractivity contribution in [2.75, 3.05) is 0 Å². The molecular weight excluding hydrogens is 841 g/mol. The van der Waals surface area contributed by atoms with E-state index in [1.54, 1.807) is 27.7 Å². The van der Waals surface area contributed by atoms with E-state index in [9.17, 15) is 40.2 Å². The lowest BCUT2D eigenvalue weighted by Crippen LogP contribution is -2.64. The topological polar surface area (TPSA) is 220 Å². The van der Waals surface area contributed by atoms with E-state index in [1.165, 1.54) is 0 Å². The van der Waals surface area contributed by atoms with Crippen molar-refractivity contribution in [1.82, 2.24) is 0 Å². The van der Waals surface area contributed by atoms with Crippen molar-refractivity contribution in [2.45, 2.75) is 262 Å². The molecule has 6 N–H and O–H groups in total. The SMILES string of the molecule is CCC(=O)O[C@H]([C@@H]1CC[C@@](C)([C@]2(O)O[C@](C)([C@H]3CC[C@@](C)(O)[C@H](CC)O3)C[C@H]2C)O1)[C@]1(O)O[C@H](C[C@@]2(O)O[C@@H]([C@@H](C)[C@H](O)C[C@H]3CC[C@H](C)[C@@H]([C@@H](C)C(=O)O)O3)CC[C@@H]2C)[C@@H](C)C[C@H]1C. The summed E-state index contributed by atoms with van der Waals surface area (Å²) < 4.78 is 45.7. The second-order valence-corrected chi connectivity index (χ2v) is 22.6. The fourth-order valence-corrected chi connectivity index (χ4v) is 12.7. The maximum Gasteiger partial charge on any atom is 0.308 e. The second kappa shape index (κ2) is 19.7. The summed E-state index contributed by atoms with van der Waals surface area (Å²) in [5, 5.41) is 70.0. The van der Waals surface area contributed by atoms with Gasteiger partial charge in [-0.1, -0.05) is 55.4 Å². The molecule has 6 heterocycles. The highest BCUT2D eigenvalue weighted by Gasteiger charge is 2.68. The lowest BCUT2D eigenvalue weighted by atomic mass is 9.76. The van der Waals surface area contributed by atoms with E-state index < -0.39 is 94.6 Å². The first-order valence-corrected chi connectivity index (χ1v) is 25.2. The average molecular weight is 927 g/mol. The summed E-state index contributed by atoms with van der Waals surface area (Å²) >= 11 is 0. The van der Waals surface area contributed by atoms with Crippen molar-refractivity contribution in [2.24, 2.45) is 41.4 Å². The quantitative estimate of drug-likeness (QED) is 0.0980. The van der Waals surface area contributed by atoms with Crippen LogP contribution in [-0.2, 0) is 42.7 Å². The van der Waals surface area contributed by atoms with Crippen LogP contribution in [0, 0.1) is 41.4 Å². The third-order valence-corrected chi connectivity index (χ3v) is 17.5. The largest absolute Gasteiger partial charge is 0.481 e. The van der Waals surface area contributed by atoms with Crippen LogP contribution >= 0.6 is 0 Å². The fourth-order valence-electron chi connectivity index (χ4n) is 12.7. The molecule has 6 aliphatic heterocycles. The van der Waals surface area contributed by atoms with Crippen LogP contribution in [0.3, 0.4) is 0 Å². The van der Waals surface area contributed by atoms with Gasteiger partial charge < -0.3 is 63.8 Å². The first-order chi connectivity index (χ1) is 30.2. The minimum Gasteiger partial charge on any atom is -0.481 e.